The molecule has 0 aromatic carbocycles. The number of thiophene rings is 1. The van der Waals surface area contributed by atoms with Crippen molar-refractivity contribution in [2.45, 2.75) is 6.92 Å². The Balaban J connectivity index is 1.87. The SMILES string of the molecule is Cc1nn(C)c(-n2cccn2)c1-c1nc(-c2cccs2)no1. The zero-order valence-electron chi connectivity index (χ0n) is 12.0. The Bertz CT molecular complexity index is 904. The summed E-state index contributed by atoms with van der Waals surface area (Å²) < 4.78 is 8.96. The zero-order chi connectivity index (χ0) is 15.1. The minimum atomic E-state index is 0.444. The third-order valence-corrected chi connectivity index (χ3v) is 4.16. The van der Waals surface area contributed by atoms with Crippen molar-refractivity contribution in [3.05, 3.63) is 41.7 Å². The first-order valence-electron chi connectivity index (χ1n) is 6.65. The molecule has 22 heavy (non-hydrogen) atoms. The highest BCUT2D eigenvalue weighted by atomic mass is 32.1. The molecule has 0 radical (unpaired) electrons. The van der Waals surface area contributed by atoms with Crippen LogP contribution in [0.3, 0.4) is 0 Å². The Labute approximate surface area is 129 Å². The van der Waals surface area contributed by atoms with Crippen molar-refractivity contribution < 1.29 is 4.52 Å². The highest BCUT2D eigenvalue weighted by molar-refractivity contribution is 7.13. The minimum absolute atomic E-state index is 0.444. The predicted octanol–water partition coefficient (Wildman–Crippen LogP) is 2.69. The molecular formula is C14H12N6OS. The fourth-order valence-electron chi connectivity index (χ4n) is 2.38. The lowest BCUT2D eigenvalue weighted by atomic mass is 10.2. The lowest BCUT2D eigenvalue weighted by Crippen LogP contribution is -2.04. The Morgan fingerprint density at radius 2 is 2.18 bits per heavy atom. The van der Waals surface area contributed by atoms with E-state index in [1.807, 2.05) is 43.7 Å². The van der Waals surface area contributed by atoms with Crippen molar-refractivity contribution in [1.29, 1.82) is 0 Å². The van der Waals surface area contributed by atoms with Gasteiger partial charge >= 0.3 is 0 Å². The number of nitrogens with zero attached hydrogens (tertiary/aromatic N) is 6. The second-order valence-electron chi connectivity index (χ2n) is 4.76. The van der Waals surface area contributed by atoms with Gasteiger partial charge in [0.1, 0.15) is 5.56 Å². The minimum Gasteiger partial charge on any atom is -0.333 e. The molecule has 0 aliphatic carbocycles. The molecule has 4 heterocycles. The first kappa shape index (κ1) is 13.0. The van der Waals surface area contributed by atoms with Crippen LogP contribution in [-0.4, -0.2) is 29.7 Å². The first-order chi connectivity index (χ1) is 10.7. The van der Waals surface area contributed by atoms with E-state index in [1.54, 1.807) is 26.9 Å². The van der Waals surface area contributed by atoms with E-state index in [0.717, 1.165) is 22.0 Å². The molecule has 0 N–H and O–H groups in total. The van der Waals surface area contributed by atoms with Gasteiger partial charge in [0, 0.05) is 19.4 Å². The number of hydrogen-bond acceptors (Lipinski definition) is 6. The second-order valence-corrected chi connectivity index (χ2v) is 5.71. The Hall–Kier alpha value is -2.74. The number of hydrogen-bond donors (Lipinski definition) is 0. The van der Waals surface area contributed by atoms with Crippen LogP contribution in [0.4, 0.5) is 0 Å². The van der Waals surface area contributed by atoms with E-state index >= 15 is 0 Å². The molecule has 8 heteroatoms. The van der Waals surface area contributed by atoms with Gasteiger partial charge in [-0.3, -0.25) is 0 Å². The van der Waals surface area contributed by atoms with E-state index in [2.05, 4.69) is 20.3 Å². The lowest BCUT2D eigenvalue weighted by Gasteiger charge is -2.03. The summed E-state index contributed by atoms with van der Waals surface area (Å²) in [6.07, 6.45) is 3.58. The van der Waals surface area contributed by atoms with Crippen molar-refractivity contribution in [2.75, 3.05) is 0 Å². The molecule has 4 rings (SSSR count). The maximum absolute atomic E-state index is 5.46. The van der Waals surface area contributed by atoms with Crippen LogP contribution in [0.15, 0.2) is 40.5 Å². The van der Waals surface area contributed by atoms with E-state index in [4.69, 9.17) is 4.52 Å². The van der Waals surface area contributed by atoms with Crippen molar-refractivity contribution >= 4 is 11.3 Å². The summed E-state index contributed by atoms with van der Waals surface area (Å²) in [5.74, 6) is 1.82. The fourth-order valence-corrected chi connectivity index (χ4v) is 3.03. The number of aryl methyl sites for hydroxylation is 2. The average molecular weight is 312 g/mol. The van der Waals surface area contributed by atoms with E-state index < -0.39 is 0 Å². The van der Waals surface area contributed by atoms with E-state index in [-0.39, 0.29) is 0 Å². The van der Waals surface area contributed by atoms with Gasteiger partial charge in [-0.1, -0.05) is 11.2 Å². The summed E-state index contributed by atoms with van der Waals surface area (Å²) in [5, 5.41) is 14.8. The fraction of sp³-hybridized carbons (Fsp3) is 0.143. The van der Waals surface area contributed by atoms with Crippen LogP contribution >= 0.6 is 11.3 Å². The molecule has 0 spiro atoms. The third kappa shape index (κ3) is 1.96. The third-order valence-electron chi connectivity index (χ3n) is 3.29. The summed E-state index contributed by atoms with van der Waals surface area (Å²) in [5.41, 5.74) is 1.61. The standard InChI is InChI=1S/C14H12N6OS/c1-9-11(14(19(2)17-9)20-7-4-6-15-20)13-16-12(18-21-13)10-5-3-8-22-10/h3-8H,1-2H3. The molecule has 4 aromatic rings. The topological polar surface area (TPSA) is 74.6 Å². The Morgan fingerprint density at radius 1 is 1.27 bits per heavy atom. The van der Waals surface area contributed by atoms with E-state index in [1.165, 1.54) is 0 Å². The molecule has 0 fully saturated rings. The molecule has 110 valence electrons. The van der Waals surface area contributed by atoms with Crippen molar-refractivity contribution in [3.63, 3.8) is 0 Å². The van der Waals surface area contributed by atoms with Crippen LogP contribution < -0.4 is 0 Å². The van der Waals surface area contributed by atoms with Crippen LogP contribution in [0.5, 0.6) is 0 Å². The molecular weight excluding hydrogens is 300 g/mol. The van der Waals surface area contributed by atoms with Gasteiger partial charge < -0.3 is 4.52 Å². The van der Waals surface area contributed by atoms with Crippen molar-refractivity contribution in [1.82, 2.24) is 29.7 Å². The van der Waals surface area contributed by atoms with Gasteiger partial charge in [0.2, 0.25) is 5.82 Å². The van der Waals surface area contributed by atoms with Crippen LogP contribution in [-0.2, 0) is 7.05 Å². The van der Waals surface area contributed by atoms with Gasteiger partial charge in [0.05, 0.1) is 10.6 Å². The van der Waals surface area contributed by atoms with Gasteiger partial charge in [-0.05, 0) is 24.4 Å². The average Bonchev–Trinajstić information content (AvgIpc) is 3.26. The van der Waals surface area contributed by atoms with Crippen LogP contribution in [0.25, 0.3) is 28.0 Å². The molecule has 0 amide bonds. The van der Waals surface area contributed by atoms with Gasteiger partial charge in [0.15, 0.2) is 5.82 Å². The number of rotatable bonds is 3. The molecule has 0 aliphatic heterocycles. The van der Waals surface area contributed by atoms with Gasteiger partial charge in [0.25, 0.3) is 5.89 Å². The van der Waals surface area contributed by atoms with Gasteiger partial charge in [-0.25, -0.2) is 9.36 Å². The highest BCUT2D eigenvalue weighted by Gasteiger charge is 2.23. The molecule has 0 saturated heterocycles. The first-order valence-corrected chi connectivity index (χ1v) is 7.53. The summed E-state index contributed by atoms with van der Waals surface area (Å²) in [6, 6.07) is 5.78. The van der Waals surface area contributed by atoms with E-state index in [9.17, 15) is 0 Å². The maximum Gasteiger partial charge on any atom is 0.264 e. The second kappa shape index (κ2) is 4.92. The zero-order valence-corrected chi connectivity index (χ0v) is 12.8. The highest BCUT2D eigenvalue weighted by Crippen LogP contribution is 2.30. The van der Waals surface area contributed by atoms with Gasteiger partial charge in [-0.15, -0.1) is 11.3 Å². The van der Waals surface area contributed by atoms with Crippen molar-refractivity contribution in [3.8, 4) is 28.0 Å². The Kier molecular flexibility index (Phi) is 2.90. The molecule has 0 unspecified atom stereocenters. The normalized spacial score (nSPS) is 11.2. The largest absolute Gasteiger partial charge is 0.333 e. The van der Waals surface area contributed by atoms with Gasteiger partial charge in [-0.2, -0.15) is 15.2 Å². The molecule has 7 nitrogen and oxygen atoms in total. The smallest absolute Gasteiger partial charge is 0.264 e. The molecule has 0 saturated carbocycles. The summed E-state index contributed by atoms with van der Waals surface area (Å²) in [6.45, 7) is 1.91. The molecule has 0 bridgehead atoms. The lowest BCUT2D eigenvalue weighted by molar-refractivity contribution is 0.432. The maximum atomic E-state index is 5.46. The van der Waals surface area contributed by atoms with Crippen LogP contribution in [0.2, 0.25) is 0 Å². The summed E-state index contributed by atoms with van der Waals surface area (Å²) in [7, 11) is 1.87. The quantitative estimate of drug-likeness (QED) is 0.581. The summed E-state index contributed by atoms with van der Waals surface area (Å²) >= 11 is 1.57. The molecule has 0 atom stereocenters. The van der Waals surface area contributed by atoms with Crippen molar-refractivity contribution in [2.24, 2.45) is 7.05 Å². The predicted molar refractivity (Wildman–Crippen MR) is 81.7 cm³/mol. The molecule has 0 aliphatic rings. The Morgan fingerprint density at radius 3 is 2.91 bits per heavy atom. The summed E-state index contributed by atoms with van der Waals surface area (Å²) in [4.78, 5) is 5.48. The van der Waals surface area contributed by atoms with Crippen LogP contribution in [0, 0.1) is 6.92 Å². The van der Waals surface area contributed by atoms with Crippen LogP contribution in [0.1, 0.15) is 5.69 Å². The molecule has 4 aromatic heterocycles. The monoisotopic (exact) mass is 312 g/mol. The van der Waals surface area contributed by atoms with E-state index in [0.29, 0.717) is 11.7 Å². The number of aromatic nitrogens is 6.